The Morgan fingerprint density at radius 1 is 1.10 bits per heavy atom. The van der Waals surface area contributed by atoms with Crippen molar-refractivity contribution in [3.05, 3.63) is 22.7 Å². The van der Waals surface area contributed by atoms with Gasteiger partial charge in [-0.25, -0.2) is 19.8 Å². The quantitative estimate of drug-likeness (QED) is 0.153. The second kappa shape index (κ2) is 13.5. The van der Waals surface area contributed by atoms with Crippen molar-refractivity contribution >= 4 is 31.6 Å². The molecule has 1 aromatic rings. The van der Waals surface area contributed by atoms with Crippen LogP contribution in [0.15, 0.2) is 17.1 Å². The van der Waals surface area contributed by atoms with Crippen LogP contribution in [-0.4, -0.2) is 78.4 Å². The number of hydrogen-bond donors (Lipinski definition) is 3. The number of carbonyl (C=O) groups excluding carboxylic acids is 3. The van der Waals surface area contributed by atoms with Gasteiger partial charge in [0, 0.05) is 6.20 Å². The molecule has 42 heavy (non-hydrogen) atoms. The van der Waals surface area contributed by atoms with Crippen LogP contribution in [0.1, 0.15) is 53.7 Å². The fraction of sp³-hybridized carbons (Fsp3) is 0.720. The predicted molar refractivity (Wildman–Crippen MR) is 147 cm³/mol. The number of fused-ring (bicyclic) bond motifs is 1. The molecular weight excluding hydrogens is 577 g/mol. The molecule has 0 radical (unpaired) electrons. The number of methoxy groups -OCH3 is 2. The Morgan fingerprint density at radius 2 is 1.64 bits per heavy atom. The molecule has 2 saturated heterocycles. The van der Waals surface area contributed by atoms with Gasteiger partial charge in [0.1, 0.15) is 24.0 Å². The summed E-state index contributed by atoms with van der Waals surface area (Å²) in [5.41, 5.74) is 3.36. The SMILES string of the molecule is COC(=O)C(CC(C)C)NP(=O)(NC(CC(C)C)C(=O)OC)OC[C@H]1O[C@@H](n2ccc(N)nc2=O)[C@@]2(C)OC(=O)OC12. The number of anilines is 1. The summed E-state index contributed by atoms with van der Waals surface area (Å²) in [7, 11) is -1.88. The van der Waals surface area contributed by atoms with Gasteiger partial charge < -0.3 is 33.9 Å². The first kappa shape index (κ1) is 33.5. The Hall–Kier alpha value is -3.04. The highest BCUT2D eigenvalue weighted by Crippen LogP contribution is 2.48. The maximum absolute atomic E-state index is 14.3. The predicted octanol–water partition coefficient (Wildman–Crippen LogP) is 1.50. The lowest BCUT2D eigenvalue weighted by Gasteiger charge is -2.30. The van der Waals surface area contributed by atoms with Crippen molar-refractivity contribution in [2.24, 2.45) is 11.8 Å². The maximum atomic E-state index is 14.3. The van der Waals surface area contributed by atoms with E-state index in [1.54, 1.807) is 0 Å². The first-order valence-corrected chi connectivity index (χ1v) is 15.1. The first-order chi connectivity index (χ1) is 19.6. The van der Waals surface area contributed by atoms with E-state index in [0.717, 1.165) is 4.57 Å². The van der Waals surface area contributed by atoms with Crippen LogP contribution in [0.25, 0.3) is 0 Å². The summed E-state index contributed by atoms with van der Waals surface area (Å²) in [5.74, 6) is -1.42. The Balaban J connectivity index is 1.93. The van der Waals surface area contributed by atoms with Crippen molar-refractivity contribution in [3.8, 4) is 0 Å². The molecule has 0 amide bonds. The number of nitrogen functional groups attached to an aromatic ring is 1. The summed E-state index contributed by atoms with van der Waals surface area (Å²) < 4.78 is 47.9. The van der Waals surface area contributed by atoms with Gasteiger partial charge in [0.05, 0.1) is 20.8 Å². The summed E-state index contributed by atoms with van der Waals surface area (Å²) in [4.78, 5) is 53.7. The molecule has 3 rings (SSSR count). The van der Waals surface area contributed by atoms with Crippen LogP contribution < -0.4 is 21.6 Å². The zero-order valence-electron chi connectivity index (χ0n) is 24.7. The molecule has 17 heteroatoms. The molecule has 236 valence electrons. The summed E-state index contributed by atoms with van der Waals surface area (Å²) in [6, 6.07) is -0.767. The number of nitrogens with one attached hydrogen (secondary N) is 2. The molecule has 0 saturated carbocycles. The minimum atomic E-state index is -4.27. The van der Waals surface area contributed by atoms with Crippen molar-refractivity contribution in [1.82, 2.24) is 19.7 Å². The molecule has 0 aliphatic carbocycles. The van der Waals surface area contributed by atoms with Crippen molar-refractivity contribution in [2.75, 3.05) is 26.6 Å². The molecule has 16 nitrogen and oxygen atoms in total. The zero-order valence-corrected chi connectivity index (χ0v) is 25.6. The molecule has 2 aliphatic rings. The molecule has 6 atom stereocenters. The van der Waals surface area contributed by atoms with Gasteiger partial charge in [0.25, 0.3) is 0 Å². The Kier molecular flexibility index (Phi) is 10.8. The van der Waals surface area contributed by atoms with E-state index >= 15 is 0 Å². The molecule has 1 aromatic heterocycles. The molecule has 0 aromatic carbocycles. The van der Waals surface area contributed by atoms with Crippen LogP contribution in [0.5, 0.6) is 0 Å². The summed E-state index contributed by atoms with van der Waals surface area (Å²) in [6.45, 7) is 8.49. The second-order valence-electron chi connectivity index (χ2n) is 11.2. The number of carbonyl (C=O) groups is 3. The number of aromatic nitrogens is 2. The number of esters is 2. The number of nitrogens with zero attached hydrogens (tertiary/aromatic N) is 2. The van der Waals surface area contributed by atoms with Gasteiger partial charge in [-0.1, -0.05) is 27.7 Å². The van der Waals surface area contributed by atoms with Gasteiger partial charge in [-0.3, -0.25) is 18.7 Å². The smallest absolute Gasteiger partial charge is 0.468 e. The van der Waals surface area contributed by atoms with Crippen molar-refractivity contribution < 1.29 is 47.2 Å². The van der Waals surface area contributed by atoms with E-state index in [0.29, 0.717) is 0 Å². The molecular formula is C25H40N5O11P. The topological polar surface area (TPSA) is 209 Å². The van der Waals surface area contributed by atoms with Gasteiger partial charge in [-0.05, 0) is 37.7 Å². The highest BCUT2D eigenvalue weighted by atomic mass is 31.2. The van der Waals surface area contributed by atoms with Crippen molar-refractivity contribution in [2.45, 2.75) is 83.6 Å². The van der Waals surface area contributed by atoms with Gasteiger partial charge >= 0.3 is 31.5 Å². The lowest BCUT2D eigenvalue weighted by atomic mass is 9.96. The fourth-order valence-corrected chi connectivity index (χ4v) is 6.72. The summed E-state index contributed by atoms with van der Waals surface area (Å²) >= 11 is 0. The minimum Gasteiger partial charge on any atom is -0.468 e. The Morgan fingerprint density at radius 3 is 2.12 bits per heavy atom. The van der Waals surface area contributed by atoms with Crippen molar-refractivity contribution in [1.29, 1.82) is 0 Å². The highest BCUT2D eigenvalue weighted by molar-refractivity contribution is 7.54. The van der Waals surface area contributed by atoms with Crippen LogP contribution in [0.4, 0.5) is 10.6 Å². The Labute approximate surface area is 243 Å². The second-order valence-corrected chi connectivity index (χ2v) is 13.0. The van der Waals surface area contributed by atoms with Crippen LogP contribution in [0.3, 0.4) is 0 Å². The lowest BCUT2D eigenvalue weighted by Crippen LogP contribution is -2.46. The van der Waals surface area contributed by atoms with E-state index in [-0.39, 0.29) is 30.5 Å². The maximum Gasteiger partial charge on any atom is 0.509 e. The van der Waals surface area contributed by atoms with Crippen LogP contribution in [0, 0.1) is 11.8 Å². The summed E-state index contributed by atoms with van der Waals surface area (Å²) in [5, 5.41) is 5.44. The van der Waals surface area contributed by atoms with Crippen LogP contribution in [-0.2, 0) is 42.4 Å². The third kappa shape index (κ3) is 7.67. The lowest BCUT2D eigenvalue weighted by molar-refractivity contribution is -0.143. The van der Waals surface area contributed by atoms with E-state index in [4.69, 9.17) is 33.9 Å². The first-order valence-electron chi connectivity index (χ1n) is 13.5. The third-order valence-corrected chi connectivity index (χ3v) is 8.60. The molecule has 3 unspecified atom stereocenters. The number of rotatable bonds is 14. The number of hydrogen-bond acceptors (Lipinski definition) is 13. The fourth-order valence-electron chi connectivity index (χ4n) is 4.89. The Bertz CT molecular complexity index is 1220. The van der Waals surface area contributed by atoms with Crippen molar-refractivity contribution in [3.63, 3.8) is 0 Å². The van der Waals surface area contributed by atoms with E-state index in [9.17, 15) is 23.7 Å². The zero-order chi connectivity index (χ0) is 31.4. The van der Waals surface area contributed by atoms with E-state index < -0.39 is 74.2 Å². The van der Waals surface area contributed by atoms with Gasteiger partial charge in [0.15, 0.2) is 17.9 Å². The van der Waals surface area contributed by atoms with Gasteiger partial charge in [0.2, 0.25) is 0 Å². The normalized spacial score (nSPS) is 26.2. The molecule has 3 heterocycles. The van der Waals surface area contributed by atoms with Crippen LogP contribution >= 0.6 is 7.67 Å². The average Bonchev–Trinajstić information content (AvgIpc) is 3.34. The molecule has 2 aliphatic heterocycles. The van der Waals surface area contributed by atoms with E-state index in [2.05, 4.69) is 15.2 Å². The molecule has 0 bridgehead atoms. The summed E-state index contributed by atoms with van der Waals surface area (Å²) in [6.07, 6.45) is -2.59. The standard InChI is InChI=1S/C25H40N5O11P/c1-13(2)10-15(20(31)36-6)28-42(35,29-16(11-14(3)4)21(32)37-7)38-12-17-19-25(5,41-24(34)40-19)22(39-17)30-9-8-18(26)27-23(30)33/h8-9,13-17,19,22H,10-12H2,1-7H3,(H2,26,27,33)(H2,28,29,35)/t15?,16?,17-,19?,22-,25+,42?/m1/s1. The highest BCUT2D eigenvalue weighted by Gasteiger charge is 2.64. The van der Waals surface area contributed by atoms with Gasteiger partial charge in [-0.15, -0.1) is 0 Å². The molecule has 0 spiro atoms. The average molecular weight is 618 g/mol. The molecule has 2 fully saturated rings. The number of nitrogens with two attached hydrogens (primary N) is 1. The monoisotopic (exact) mass is 617 g/mol. The minimum absolute atomic E-state index is 0.0105. The number of ether oxygens (including phenoxy) is 5. The largest absolute Gasteiger partial charge is 0.509 e. The molecule has 4 N–H and O–H groups in total. The van der Waals surface area contributed by atoms with E-state index in [1.165, 1.54) is 33.4 Å². The van der Waals surface area contributed by atoms with Gasteiger partial charge in [-0.2, -0.15) is 4.98 Å². The van der Waals surface area contributed by atoms with E-state index in [1.807, 2.05) is 27.7 Å². The van der Waals surface area contributed by atoms with Crippen LogP contribution in [0.2, 0.25) is 0 Å². The third-order valence-electron chi connectivity index (χ3n) is 6.79.